The van der Waals surface area contributed by atoms with Crippen LogP contribution in [0.5, 0.6) is 0 Å². The molecule has 2 aliphatic rings. The molecule has 2 fully saturated rings. The molecule has 4 heterocycles. The molecule has 0 amide bonds. The van der Waals surface area contributed by atoms with Crippen molar-refractivity contribution in [1.29, 1.82) is 0 Å². The van der Waals surface area contributed by atoms with E-state index in [-0.39, 0.29) is 16.1 Å². The SMILES string of the molecule is Cn1cc(S(=O)(=O)N2CCC3(CC2)CN(c2nc(Cc4ccc(F)cc4)ns2)C3)cn1. The van der Waals surface area contributed by atoms with Gasteiger partial charge < -0.3 is 4.90 Å². The summed E-state index contributed by atoms with van der Waals surface area (Å²) < 4.78 is 46.2. The number of halogens is 1. The standard InChI is InChI=1S/C20H23FN6O2S2/c1-25-12-17(11-22-25)31(28,29)27-8-6-20(7-9-27)13-26(14-20)19-23-18(24-30-19)10-15-2-4-16(21)5-3-15/h2-5,11-12H,6-10,13-14H2,1H3. The van der Waals surface area contributed by atoms with Crippen molar-refractivity contribution in [2.24, 2.45) is 12.5 Å². The molecule has 8 nitrogen and oxygen atoms in total. The topological polar surface area (TPSA) is 84.2 Å². The van der Waals surface area contributed by atoms with Gasteiger partial charge in [0.15, 0.2) is 0 Å². The lowest BCUT2D eigenvalue weighted by atomic mass is 9.73. The van der Waals surface area contributed by atoms with Crippen molar-refractivity contribution in [3.05, 3.63) is 53.9 Å². The predicted molar refractivity (Wildman–Crippen MR) is 115 cm³/mol. The summed E-state index contributed by atoms with van der Waals surface area (Å²) in [6.07, 6.45) is 5.21. The maximum absolute atomic E-state index is 13.1. The van der Waals surface area contributed by atoms with Crippen LogP contribution in [-0.4, -0.2) is 58.0 Å². The lowest BCUT2D eigenvalue weighted by molar-refractivity contribution is 0.114. The highest BCUT2D eigenvalue weighted by atomic mass is 32.2. The Hall–Kier alpha value is -2.37. The average Bonchev–Trinajstić information content (AvgIpc) is 3.37. The minimum atomic E-state index is -3.48. The molecule has 2 aromatic heterocycles. The first-order chi connectivity index (χ1) is 14.8. The van der Waals surface area contributed by atoms with Crippen molar-refractivity contribution in [2.45, 2.75) is 24.2 Å². The number of hydrogen-bond acceptors (Lipinski definition) is 7. The summed E-state index contributed by atoms with van der Waals surface area (Å²) in [5.74, 6) is 0.491. The van der Waals surface area contributed by atoms with Crippen LogP contribution in [0.15, 0.2) is 41.6 Å². The highest BCUT2D eigenvalue weighted by molar-refractivity contribution is 7.89. The second-order valence-corrected chi connectivity index (χ2v) is 11.1. The summed E-state index contributed by atoms with van der Waals surface area (Å²) in [5, 5.41) is 4.88. The van der Waals surface area contributed by atoms with Gasteiger partial charge in [-0.05, 0) is 30.5 Å². The third-order valence-corrected chi connectivity index (χ3v) is 8.82. The van der Waals surface area contributed by atoms with E-state index in [1.807, 2.05) is 0 Å². The molecular weight excluding hydrogens is 439 g/mol. The number of anilines is 1. The quantitative estimate of drug-likeness (QED) is 0.579. The van der Waals surface area contributed by atoms with Gasteiger partial charge in [0.25, 0.3) is 0 Å². The van der Waals surface area contributed by atoms with E-state index >= 15 is 0 Å². The third-order valence-electron chi connectivity index (χ3n) is 6.16. The molecule has 0 radical (unpaired) electrons. The molecule has 164 valence electrons. The van der Waals surface area contributed by atoms with Crippen LogP contribution >= 0.6 is 11.5 Å². The Bertz CT molecular complexity index is 1170. The Morgan fingerprint density at radius 2 is 1.87 bits per heavy atom. The molecule has 11 heteroatoms. The second kappa shape index (κ2) is 7.64. The van der Waals surface area contributed by atoms with Crippen molar-refractivity contribution in [3.8, 4) is 0 Å². The van der Waals surface area contributed by atoms with Crippen molar-refractivity contribution in [2.75, 3.05) is 31.1 Å². The van der Waals surface area contributed by atoms with Gasteiger partial charge in [0.2, 0.25) is 15.2 Å². The zero-order valence-corrected chi connectivity index (χ0v) is 18.7. The summed E-state index contributed by atoms with van der Waals surface area (Å²) in [7, 11) is -1.76. The van der Waals surface area contributed by atoms with E-state index in [4.69, 9.17) is 0 Å². The molecule has 2 saturated heterocycles. The molecule has 0 bridgehead atoms. The Morgan fingerprint density at radius 3 is 2.52 bits per heavy atom. The van der Waals surface area contributed by atoms with Gasteiger partial charge in [-0.2, -0.15) is 13.8 Å². The van der Waals surface area contributed by atoms with Crippen LogP contribution in [0.2, 0.25) is 0 Å². The van der Waals surface area contributed by atoms with Crippen LogP contribution in [0.3, 0.4) is 0 Å². The third kappa shape index (κ3) is 3.97. The van der Waals surface area contributed by atoms with Crippen LogP contribution in [0, 0.1) is 11.2 Å². The van der Waals surface area contributed by atoms with E-state index in [1.54, 1.807) is 29.7 Å². The summed E-state index contributed by atoms with van der Waals surface area (Å²) >= 11 is 1.38. The number of aryl methyl sites for hydroxylation is 1. The number of sulfonamides is 1. The molecule has 1 aromatic carbocycles. The normalized spacial score (nSPS) is 19.0. The van der Waals surface area contributed by atoms with Gasteiger partial charge in [-0.25, -0.2) is 17.8 Å². The zero-order valence-electron chi connectivity index (χ0n) is 17.1. The van der Waals surface area contributed by atoms with E-state index in [2.05, 4.69) is 19.4 Å². The Morgan fingerprint density at radius 1 is 1.16 bits per heavy atom. The predicted octanol–water partition coefficient (Wildman–Crippen LogP) is 2.29. The molecule has 0 aliphatic carbocycles. The Kier molecular flexibility index (Phi) is 5.06. The van der Waals surface area contributed by atoms with Gasteiger partial charge in [-0.15, -0.1) is 0 Å². The highest BCUT2D eigenvalue weighted by Crippen LogP contribution is 2.43. The average molecular weight is 463 g/mol. The van der Waals surface area contributed by atoms with Gasteiger partial charge >= 0.3 is 0 Å². The number of hydrogen-bond donors (Lipinski definition) is 0. The molecule has 2 aliphatic heterocycles. The fourth-order valence-electron chi connectivity index (χ4n) is 4.33. The fourth-order valence-corrected chi connectivity index (χ4v) is 6.44. The second-order valence-electron chi connectivity index (χ2n) is 8.41. The van der Waals surface area contributed by atoms with E-state index in [0.29, 0.717) is 19.5 Å². The molecule has 5 rings (SSSR count). The monoisotopic (exact) mass is 462 g/mol. The maximum atomic E-state index is 13.1. The van der Waals surface area contributed by atoms with Crippen LogP contribution < -0.4 is 4.90 Å². The lowest BCUT2D eigenvalue weighted by Gasteiger charge is -2.53. The van der Waals surface area contributed by atoms with Gasteiger partial charge in [0.1, 0.15) is 16.5 Å². The molecule has 1 spiro atoms. The van der Waals surface area contributed by atoms with Gasteiger partial charge in [0.05, 0.1) is 6.20 Å². The molecule has 3 aromatic rings. The fraction of sp³-hybridized carbons (Fsp3) is 0.450. The summed E-state index contributed by atoms with van der Waals surface area (Å²) in [4.78, 5) is 7.12. The summed E-state index contributed by atoms with van der Waals surface area (Å²) in [5.41, 5.74) is 1.12. The maximum Gasteiger partial charge on any atom is 0.246 e. The first kappa shape index (κ1) is 20.5. The lowest BCUT2D eigenvalue weighted by Crippen LogP contribution is -2.61. The minimum Gasteiger partial charge on any atom is -0.346 e. The molecule has 31 heavy (non-hydrogen) atoms. The van der Waals surface area contributed by atoms with Crippen LogP contribution in [0.1, 0.15) is 24.2 Å². The summed E-state index contributed by atoms with van der Waals surface area (Å²) in [6.45, 7) is 2.80. The Labute approximate surface area is 184 Å². The van der Waals surface area contributed by atoms with E-state index < -0.39 is 10.0 Å². The largest absolute Gasteiger partial charge is 0.346 e. The number of aromatic nitrogens is 4. The number of piperidine rings is 1. The Balaban J connectivity index is 1.17. The van der Waals surface area contributed by atoms with Crippen molar-refractivity contribution in [1.82, 2.24) is 23.4 Å². The van der Waals surface area contributed by atoms with Crippen molar-refractivity contribution in [3.63, 3.8) is 0 Å². The van der Waals surface area contributed by atoms with Gasteiger partial charge in [-0.3, -0.25) is 4.68 Å². The molecule has 0 atom stereocenters. The number of rotatable bonds is 5. The zero-order chi connectivity index (χ0) is 21.6. The van der Waals surface area contributed by atoms with E-state index in [9.17, 15) is 12.8 Å². The molecular formula is C20H23FN6O2S2. The van der Waals surface area contributed by atoms with Crippen molar-refractivity contribution < 1.29 is 12.8 Å². The summed E-state index contributed by atoms with van der Waals surface area (Å²) in [6, 6.07) is 6.40. The van der Waals surface area contributed by atoms with Crippen LogP contribution in [-0.2, 0) is 23.5 Å². The molecule has 0 unspecified atom stereocenters. The number of nitrogens with zero attached hydrogens (tertiary/aromatic N) is 6. The van der Waals surface area contributed by atoms with E-state index in [1.165, 1.54) is 34.5 Å². The van der Waals surface area contributed by atoms with Crippen LogP contribution in [0.4, 0.5) is 9.52 Å². The highest BCUT2D eigenvalue weighted by Gasteiger charge is 2.47. The first-order valence-electron chi connectivity index (χ1n) is 10.1. The van der Waals surface area contributed by atoms with Crippen LogP contribution in [0.25, 0.3) is 0 Å². The minimum absolute atomic E-state index is 0.143. The van der Waals surface area contributed by atoms with Gasteiger partial charge in [0, 0.05) is 62.8 Å². The molecule has 0 saturated carbocycles. The number of benzene rings is 1. The van der Waals surface area contributed by atoms with E-state index in [0.717, 1.165) is 42.5 Å². The first-order valence-corrected chi connectivity index (χ1v) is 12.4. The smallest absolute Gasteiger partial charge is 0.246 e. The van der Waals surface area contributed by atoms with Crippen molar-refractivity contribution >= 4 is 26.7 Å². The van der Waals surface area contributed by atoms with Gasteiger partial charge in [-0.1, -0.05) is 12.1 Å². The molecule has 0 N–H and O–H groups in total.